The van der Waals surface area contributed by atoms with E-state index < -0.39 is 40.7 Å². The van der Waals surface area contributed by atoms with Crippen molar-refractivity contribution in [3.05, 3.63) is 34.6 Å². The average molecular weight is 308 g/mol. The van der Waals surface area contributed by atoms with Crippen LogP contribution in [0.25, 0.3) is 0 Å². The van der Waals surface area contributed by atoms with Crippen molar-refractivity contribution in [3.8, 4) is 0 Å². The summed E-state index contributed by atoms with van der Waals surface area (Å²) in [4.78, 5) is 0. The molecule has 2 rings (SSSR count). The summed E-state index contributed by atoms with van der Waals surface area (Å²) >= 11 is 0. The highest BCUT2D eigenvalue weighted by molar-refractivity contribution is 5.27. The van der Waals surface area contributed by atoms with Crippen LogP contribution in [0.3, 0.4) is 0 Å². The van der Waals surface area contributed by atoms with Gasteiger partial charge < -0.3 is 0 Å². The van der Waals surface area contributed by atoms with Gasteiger partial charge in [-0.05, 0) is 12.3 Å². The summed E-state index contributed by atoms with van der Waals surface area (Å²) in [6.45, 7) is 0. The lowest BCUT2D eigenvalue weighted by atomic mass is 9.83. The molecule has 3 N–H and O–H groups in total. The first-order chi connectivity index (χ1) is 9.97. The Hall–Kier alpha value is -1.21. The molecule has 1 aliphatic carbocycles. The lowest BCUT2D eigenvalue weighted by Gasteiger charge is -2.27. The first kappa shape index (κ1) is 16.2. The third kappa shape index (κ3) is 3.18. The van der Waals surface area contributed by atoms with E-state index in [1.165, 1.54) is 0 Å². The molecule has 118 valence electrons. The lowest BCUT2D eigenvalue weighted by Crippen LogP contribution is -2.32. The fraction of sp³-hybridized carbons (Fsp3) is 0.571. The molecule has 1 aromatic rings. The molecule has 21 heavy (non-hydrogen) atoms. The van der Waals surface area contributed by atoms with Gasteiger partial charge >= 0.3 is 0 Å². The molecule has 0 radical (unpaired) electrons. The third-order valence-electron chi connectivity index (χ3n) is 4.09. The molecule has 1 aliphatic rings. The number of hydrogen-bond acceptors (Lipinski definition) is 2. The van der Waals surface area contributed by atoms with Crippen LogP contribution < -0.4 is 11.3 Å². The Morgan fingerprint density at radius 1 is 0.857 bits per heavy atom. The zero-order valence-electron chi connectivity index (χ0n) is 11.4. The lowest BCUT2D eigenvalue weighted by molar-refractivity contribution is 0.286. The molecule has 7 heteroatoms. The second-order valence-electron chi connectivity index (χ2n) is 5.44. The summed E-state index contributed by atoms with van der Waals surface area (Å²) in [7, 11) is 0. The van der Waals surface area contributed by atoms with E-state index in [4.69, 9.17) is 5.84 Å². The van der Waals surface area contributed by atoms with Crippen LogP contribution >= 0.6 is 0 Å². The molecule has 0 aliphatic heterocycles. The van der Waals surface area contributed by atoms with E-state index >= 15 is 0 Å². The van der Waals surface area contributed by atoms with Gasteiger partial charge in [0.25, 0.3) is 0 Å². The predicted octanol–water partition coefficient (Wildman–Crippen LogP) is 3.86. The molecular weight excluding hydrogens is 291 g/mol. The molecule has 0 spiro atoms. The summed E-state index contributed by atoms with van der Waals surface area (Å²) in [5.41, 5.74) is 1.31. The van der Waals surface area contributed by atoms with E-state index in [1.54, 1.807) is 0 Å². The number of benzene rings is 1. The van der Waals surface area contributed by atoms with E-state index in [-0.39, 0.29) is 12.3 Å². The van der Waals surface area contributed by atoms with Crippen LogP contribution in [0, 0.1) is 35.0 Å². The zero-order valence-corrected chi connectivity index (χ0v) is 11.4. The van der Waals surface area contributed by atoms with Gasteiger partial charge in [-0.25, -0.2) is 22.0 Å². The minimum absolute atomic E-state index is 0.162. The van der Waals surface area contributed by atoms with E-state index in [0.717, 1.165) is 32.1 Å². The van der Waals surface area contributed by atoms with Crippen molar-refractivity contribution in [3.63, 3.8) is 0 Å². The van der Waals surface area contributed by atoms with E-state index in [2.05, 4.69) is 5.43 Å². The highest BCUT2D eigenvalue weighted by atomic mass is 19.2. The van der Waals surface area contributed by atoms with E-state index in [1.807, 2.05) is 0 Å². The molecule has 0 heterocycles. The number of hydrogen-bond donors (Lipinski definition) is 2. The first-order valence-corrected chi connectivity index (χ1v) is 6.94. The predicted molar refractivity (Wildman–Crippen MR) is 67.5 cm³/mol. The molecule has 1 fully saturated rings. The van der Waals surface area contributed by atoms with Crippen molar-refractivity contribution in [2.24, 2.45) is 11.8 Å². The normalized spacial score (nSPS) is 18.0. The van der Waals surface area contributed by atoms with E-state index in [9.17, 15) is 22.0 Å². The largest absolute Gasteiger partial charge is 0.271 e. The van der Waals surface area contributed by atoms with Crippen molar-refractivity contribution in [1.82, 2.24) is 5.43 Å². The van der Waals surface area contributed by atoms with Crippen LogP contribution in [0.15, 0.2) is 0 Å². The Morgan fingerprint density at radius 2 is 1.33 bits per heavy atom. The molecule has 0 aromatic heterocycles. The highest BCUT2D eigenvalue weighted by Gasteiger charge is 2.31. The summed E-state index contributed by atoms with van der Waals surface area (Å²) in [5, 5.41) is 0. The standard InChI is InChI=1S/C14H17F5N2/c15-10-9(11(16)13(18)14(19)12(10)17)8(21-20)6-7-4-2-1-3-5-7/h7-8,21H,1-6,20H2. The van der Waals surface area contributed by atoms with Crippen molar-refractivity contribution in [1.29, 1.82) is 0 Å². The first-order valence-electron chi connectivity index (χ1n) is 6.94. The van der Waals surface area contributed by atoms with Crippen LogP contribution in [-0.4, -0.2) is 0 Å². The van der Waals surface area contributed by atoms with Gasteiger partial charge in [0, 0.05) is 5.56 Å². The number of rotatable bonds is 4. The molecule has 1 unspecified atom stereocenters. The van der Waals surface area contributed by atoms with Crippen LogP contribution in [0.5, 0.6) is 0 Å². The van der Waals surface area contributed by atoms with Gasteiger partial charge in [0.1, 0.15) is 0 Å². The summed E-state index contributed by atoms with van der Waals surface area (Å²) in [6.07, 6.45) is 5.08. The van der Waals surface area contributed by atoms with Crippen molar-refractivity contribution < 1.29 is 22.0 Å². The topological polar surface area (TPSA) is 38.0 Å². The molecule has 0 bridgehead atoms. The molecule has 0 saturated heterocycles. The SMILES string of the molecule is NNC(CC1CCCCC1)c1c(F)c(F)c(F)c(F)c1F. The van der Waals surface area contributed by atoms with Crippen molar-refractivity contribution >= 4 is 0 Å². The maximum absolute atomic E-state index is 13.8. The molecule has 1 aromatic carbocycles. The van der Waals surface area contributed by atoms with Gasteiger partial charge in [-0.3, -0.25) is 11.3 Å². The second kappa shape index (κ2) is 6.70. The average Bonchev–Trinajstić information content (AvgIpc) is 2.51. The second-order valence-corrected chi connectivity index (χ2v) is 5.44. The summed E-state index contributed by atoms with van der Waals surface area (Å²) in [6, 6.07) is -1.10. The Bertz CT molecular complexity index is 486. The van der Waals surface area contributed by atoms with Gasteiger partial charge in [0.05, 0.1) is 6.04 Å². The van der Waals surface area contributed by atoms with Crippen molar-refractivity contribution in [2.45, 2.75) is 44.6 Å². The Balaban J connectivity index is 2.33. The Morgan fingerprint density at radius 3 is 1.81 bits per heavy atom. The minimum atomic E-state index is -2.15. The van der Waals surface area contributed by atoms with Crippen LogP contribution in [0.4, 0.5) is 22.0 Å². The smallest absolute Gasteiger partial charge is 0.200 e. The van der Waals surface area contributed by atoms with Gasteiger partial charge in [0.15, 0.2) is 23.3 Å². The van der Waals surface area contributed by atoms with Crippen LogP contribution in [0.1, 0.15) is 50.1 Å². The maximum atomic E-state index is 13.8. The molecule has 0 amide bonds. The zero-order chi connectivity index (χ0) is 15.6. The van der Waals surface area contributed by atoms with Gasteiger partial charge in [-0.2, -0.15) is 0 Å². The number of hydrazine groups is 1. The Kier molecular flexibility index (Phi) is 5.16. The van der Waals surface area contributed by atoms with Gasteiger partial charge in [-0.15, -0.1) is 0 Å². The van der Waals surface area contributed by atoms with Gasteiger partial charge in [0.2, 0.25) is 5.82 Å². The van der Waals surface area contributed by atoms with Crippen LogP contribution in [-0.2, 0) is 0 Å². The number of halogens is 5. The number of nitrogens with two attached hydrogens (primary N) is 1. The monoisotopic (exact) mass is 308 g/mol. The molecule has 1 atom stereocenters. The summed E-state index contributed by atoms with van der Waals surface area (Å²) < 4.78 is 67.1. The fourth-order valence-corrected chi connectivity index (χ4v) is 2.95. The Labute approximate surface area is 119 Å². The fourth-order valence-electron chi connectivity index (χ4n) is 2.95. The minimum Gasteiger partial charge on any atom is -0.271 e. The summed E-state index contributed by atoms with van der Waals surface area (Å²) in [5.74, 6) is -4.22. The maximum Gasteiger partial charge on any atom is 0.200 e. The molecule has 1 saturated carbocycles. The van der Waals surface area contributed by atoms with Crippen molar-refractivity contribution in [2.75, 3.05) is 0 Å². The third-order valence-corrected chi connectivity index (χ3v) is 4.09. The molecule has 2 nitrogen and oxygen atoms in total. The highest BCUT2D eigenvalue weighted by Crippen LogP contribution is 2.35. The quantitative estimate of drug-likeness (QED) is 0.291. The van der Waals surface area contributed by atoms with E-state index in [0.29, 0.717) is 0 Å². The van der Waals surface area contributed by atoms with Gasteiger partial charge in [-0.1, -0.05) is 32.1 Å². The number of nitrogens with one attached hydrogen (secondary N) is 1. The molecular formula is C14H17F5N2. The van der Waals surface area contributed by atoms with Crippen LogP contribution in [0.2, 0.25) is 0 Å².